The van der Waals surface area contributed by atoms with Gasteiger partial charge in [-0.1, -0.05) is 0 Å². The predicted molar refractivity (Wildman–Crippen MR) is 53.7 cm³/mol. The second-order valence-electron chi connectivity index (χ2n) is 5.03. The highest BCUT2D eigenvalue weighted by Gasteiger charge is 2.51. The summed E-state index contributed by atoms with van der Waals surface area (Å²) in [6.45, 7) is 5.06. The zero-order valence-electron chi connectivity index (χ0n) is 9.94. The molecule has 0 bridgehead atoms. The van der Waals surface area contributed by atoms with Gasteiger partial charge in [-0.25, -0.2) is 0 Å². The van der Waals surface area contributed by atoms with Crippen LogP contribution < -0.4 is 5.73 Å². The van der Waals surface area contributed by atoms with Gasteiger partial charge in [0.1, 0.15) is 5.60 Å². The van der Waals surface area contributed by atoms with Crippen molar-refractivity contribution in [1.82, 2.24) is 0 Å². The fourth-order valence-electron chi connectivity index (χ4n) is 0.984. The summed E-state index contributed by atoms with van der Waals surface area (Å²) >= 11 is 0. The number of hydrogen-bond acceptors (Lipinski definition) is 3. The van der Waals surface area contributed by atoms with Gasteiger partial charge < -0.3 is 10.5 Å². The van der Waals surface area contributed by atoms with Crippen molar-refractivity contribution in [3.05, 3.63) is 0 Å². The Morgan fingerprint density at radius 1 is 1.19 bits per heavy atom. The molecular weight excluding hydrogens is 223 g/mol. The zero-order valence-corrected chi connectivity index (χ0v) is 9.94. The third-order valence-corrected chi connectivity index (χ3v) is 2.09. The van der Waals surface area contributed by atoms with Crippen LogP contribution in [0.15, 0.2) is 0 Å². The van der Waals surface area contributed by atoms with Crippen LogP contribution in [0.3, 0.4) is 0 Å². The molecule has 0 aromatic heterocycles. The average molecular weight is 241 g/mol. The highest BCUT2D eigenvalue weighted by atomic mass is 19.4. The van der Waals surface area contributed by atoms with Gasteiger partial charge in [-0.3, -0.25) is 4.79 Å². The molecular formula is C10H18F3NO2. The molecule has 0 rings (SSSR count). The average Bonchev–Trinajstić information content (AvgIpc) is 1.97. The highest BCUT2D eigenvalue weighted by molar-refractivity contribution is 5.70. The Hall–Kier alpha value is -0.780. The molecule has 0 saturated carbocycles. The van der Waals surface area contributed by atoms with Crippen molar-refractivity contribution in [2.75, 3.05) is 6.54 Å². The van der Waals surface area contributed by atoms with Gasteiger partial charge in [0.15, 0.2) is 0 Å². The molecule has 3 nitrogen and oxygen atoms in total. The molecule has 0 fully saturated rings. The lowest BCUT2D eigenvalue weighted by atomic mass is 9.86. The predicted octanol–water partition coefficient (Wildman–Crippen LogP) is 2.25. The van der Waals surface area contributed by atoms with Crippen molar-refractivity contribution in [3.63, 3.8) is 0 Å². The molecule has 96 valence electrons. The van der Waals surface area contributed by atoms with Crippen molar-refractivity contribution in [2.45, 2.75) is 45.9 Å². The molecule has 0 saturated heterocycles. The zero-order chi connectivity index (χ0) is 13.2. The smallest absolute Gasteiger partial charge is 0.396 e. The number of halogens is 3. The van der Waals surface area contributed by atoms with E-state index in [9.17, 15) is 18.0 Å². The Kier molecular flexibility index (Phi) is 4.38. The molecule has 0 amide bonds. The monoisotopic (exact) mass is 241 g/mol. The lowest BCUT2D eigenvalue weighted by Crippen LogP contribution is -2.44. The van der Waals surface area contributed by atoms with Gasteiger partial charge in [-0.2, -0.15) is 13.2 Å². The van der Waals surface area contributed by atoms with Gasteiger partial charge in [0.25, 0.3) is 0 Å². The normalized spacial score (nSPS) is 16.8. The number of nitrogens with two attached hydrogens (primary N) is 1. The number of ether oxygens (including phenoxy) is 1. The fourth-order valence-corrected chi connectivity index (χ4v) is 0.984. The van der Waals surface area contributed by atoms with Crippen molar-refractivity contribution in [2.24, 2.45) is 11.1 Å². The van der Waals surface area contributed by atoms with E-state index in [1.807, 2.05) is 0 Å². The molecule has 0 aromatic rings. The van der Waals surface area contributed by atoms with E-state index in [1.165, 1.54) is 0 Å². The Morgan fingerprint density at radius 2 is 1.62 bits per heavy atom. The van der Waals surface area contributed by atoms with Gasteiger partial charge >= 0.3 is 12.1 Å². The molecule has 1 unspecified atom stereocenters. The maximum Gasteiger partial charge on any atom is 0.396 e. The molecule has 0 heterocycles. The van der Waals surface area contributed by atoms with E-state index in [0.29, 0.717) is 0 Å². The second kappa shape index (κ2) is 4.61. The number of hydrogen-bond donors (Lipinski definition) is 1. The van der Waals surface area contributed by atoms with Gasteiger partial charge in [-0.15, -0.1) is 0 Å². The van der Waals surface area contributed by atoms with Crippen LogP contribution in [0.4, 0.5) is 13.2 Å². The van der Waals surface area contributed by atoms with Crippen LogP contribution in [-0.2, 0) is 9.53 Å². The number of alkyl halides is 3. The summed E-state index contributed by atoms with van der Waals surface area (Å²) in [6, 6.07) is 0. The molecule has 2 N–H and O–H groups in total. The van der Waals surface area contributed by atoms with Crippen LogP contribution in [-0.4, -0.2) is 24.3 Å². The Balaban J connectivity index is 4.63. The molecule has 0 aromatic carbocycles. The second-order valence-corrected chi connectivity index (χ2v) is 5.03. The molecule has 0 aliphatic rings. The SMILES string of the molecule is CC(C)(C)OC(=O)CC(C)(CN)C(F)(F)F. The van der Waals surface area contributed by atoms with E-state index in [2.05, 4.69) is 0 Å². The van der Waals surface area contributed by atoms with Gasteiger partial charge in [-0.05, 0) is 27.7 Å². The summed E-state index contributed by atoms with van der Waals surface area (Å²) in [5.74, 6) is -0.891. The summed E-state index contributed by atoms with van der Waals surface area (Å²) in [4.78, 5) is 11.3. The Bertz CT molecular complexity index is 258. The van der Waals surface area contributed by atoms with Gasteiger partial charge in [0.2, 0.25) is 0 Å². The summed E-state index contributed by atoms with van der Waals surface area (Å²) in [5.41, 5.74) is 2.06. The van der Waals surface area contributed by atoms with Crippen LogP contribution in [0.5, 0.6) is 0 Å². The quantitative estimate of drug-likeness (QED) is 0.771. The van der Waals surface area contributed by atoms with E-state index >= 15 is 0 Å². The minimum atomic E-state index is -4.52. The molecule has 16 heavy (non-hydrogen) atoms. The highest BCUT2D eigenvalue weighted by Crippen LogP contribution is 2.40. The summed E-state index contributed by atoms with van der Waals surface area (Å²) in [7, 11) is 0. The van der Waals surface area contributed by atoms with Crippen molar-refractivity contribution >= 4 is 5.97 Å². The van der Waals surface area contributed by atoms with Crippen molar-refractivity contribution < 1.29 is 22.7 Å². The molecule has 0 aliphatic carbocycles. The number of rotatable bonds is 3. The van der Waals surface area contributed by atoms with Crippen molar-refractivity contribution in [1.29, 1.82) is 0 Å². The van der Waals surface area contributed by atoms with E-state index in [1.54, 1.807) is 20.8 Å². The minimum Gasteiger partial charge on any atom is -0.460 e. The number of carbonyl (C=O) groups excluding carboxylic acids is 1. The lowest BCUT2D eigenvalue weighted by Gasteiger charge is -2.31. The maximum absolute atomic E-state index is 12.6. The molecule has 0 spiro atoms. The van der Waals surface area contributed by atoms with Crippen LogP contribution in [0.1, 0.15) is 34.1 Å². The summed E-state index contributed by atoms with van der Waals surface area (Å²) in [6.07, 6.45) is -5.27. The van der Waals surface area contributed by atoms with Crippen LogP contribution in [0, 0.1) is 5.41 Å². The van der Waals surface area contributed by atoms with Gasteiger partial charge in [0.05, 0.1) is 11.8 Å². The van der Waals surface area contributed by atoms with Crippen LogP contribution >= 0.6 is 0 Å². The number of esters is 1. The first-order valence-electron chi connectivity index (χ1n) is 4.90. The standard InChI is InChI=1S/C10H18F3NO2/c1-8(2,3)16-7(15)5-9(4,6-14)10(11,12)13/h5-6,14H2,1-4H3. The summed E-state index contributed by atoms with van der Waals surface area (Å²) in [5, 5.41) is 0. The number of carbonyl (C=O) groups is 1. The third-order valence-electron chi connectivity index (χ3n) is 2.09. The molecule has 6 heteroatoms. The Morgan fingerprint density at radius 3 is 1.88 bits per heavy atom. The van der Waals surface area contributed by atoms with E-state index < -0.39 is 36.1 Å². The topological polar surface area (TPSA) is 52.3 Å². The molecule has 0 aliphatic heterocycles. The fraction of sp³-hybridized carbons (Fsp3) is 0.900. The maximum atomic E-state index is 12.6. The first kappa shape index (κ1) is 15.2. The van der Waals surface area contributed by atoms with E-state index in [4.69, 9.17) is 10.5 Å². The Labute approximate surface area is 93.1 Å². The molecule has 0 radical (unpaired) electrons. The minimum absolute atomic E-state index is 0.643. The summed E-state index contributed by atoms with van der Waals surface area (Å²) < 4.78 is 42.7. The first-order chi connectivity index (χ1) is 6.91. The van der Waals surface area contributed by atoms with E-state index in [-0.39, 0.29) is 0 Å². The van der Waals surface area contributed by atoms with Crippen LogP contribution in [0.2, 0.25) is 0 Å². The van der Waals surface area contributed by atoms with Crippen molar-refractivity contribution in [3.8, 4) is 0 Å². The van der Waals surface area contributed by atoms with E-state index in [0.717, 1.165) is 6.92 Å². The molecule has 1 atom stereocenters. The van der Waals surface area contributed by atoms with Crippen LogP contribution in [0.25, 0.3) is 0 Å². The lowest BCUT2D eigenvalue weighted by molar-refractivity contribution is -0.222. The largest absolute Gasteiger partial charge is 0.460 e. The van der Waals surface area contributed by atoms with Gasteiger partial charge in [0, 0.05) is 6.54 Å². The first-order valence-corrected chi connectivity index (χ1v) is 4.90. The third kappa shape index (κ3) is 4.38.